The molecular weight excluding hydrogens is 418 g/mol. The summed E-state index contributed by atoms with van der Waals surface area (Å²) >= 11 is 0. The summed E-state index contributed by atoms with van der Waals surface area (Å²) in [6.07, 6.45) is 5.42. The Kier molecular flexibility index (Phi) is 6.64. The van der Waals surface area contributed by atoms with Crippen molar-refractivity contribution >= 4 is 27.3 Å². The second kappa shape index (κ2) is 9.05. The molecule has 0 spiro atoms. The average molecular weight is 446 g/mol. The summed E-state index contributed by atoms with van der Waals surface area (Å²) in [5.74, 6) is -0.485. The van der Waals surface area contributed by atoms with Crippen molar-refractivity contribution in [3.05, 3.63) is 68.8 Å². The summed E-state index contributed by atoms with van der Waals surface area (Å²) < 4.78 is 25.7. The van der Waals surface area contributed by atoms with Gasteiger partial charge in [-0.2, -0.15) is 0 Å². The number of nitrogens with zero attached hydrogens (tertiary/aromatic N) is 2. The van der Waals surface area contributed by atoms with Gasteiger partial charge in [-0.05, 0) is 61.8 Å². The van der Waals surface area contributed by atoms with Crippen LogP contribution in [-0.4, -0.2) is 32.0 Å². The fourth-order valence-electron chi connectivity index (χ4n) is 3.88. The van der Waals surface area contributed by atoms with Gasteiger partial charge in [-0.15, -0.1) is 0 Å². The number of non-ortho nitro benzene ring substituents is 1. The highest BCUT2D eigenvalue weighted by molar-refractivity contribution is 7.92. The first-order valence-electron chi connectivity index (χ1n) is 10.2. The van der Waals surface area contributed by atoms with E-state index in [2.05, 4.69) is 17.4 Å². The Hall–Kier alpha value is -2.94. The number of aryl methyl sites for hydroxylation is 3. The van der Waals surface area contributed by atoms with Gasteiger partial charge in [0.1, 0.15) is 6.54 Å². The molecule has 0 unspecified atom stereocenters. The Morgan fingerprint density at radius 2 is 1.84 bits per heavy atom. The molecule has 0 aromatic heterocycles. The number of amides is 1. The lowest BCUT2D eigenvalue weighted by Crippen LogP contribution is -2.41. The second-order valence-electron chi connectivity index (χ2n) is 8.02. The predicted octanol–water partition coefficient (Wildman–Crippen LogP) is 3.43. The summed E-state index contributed by atoms with van der Waals surface area (Å²) in [5.41, 5.74) is 4.01. The van der Waals surface area contributed by atoms with Crippen molar-refractivity contribution < 1.29 is 18.1 Å². The van der Waals surface area contributed by atoms with Gasteiger partial charge in [0, 0.05) is 12.1 Å². The Balaban J connectivity index is 1.79. The van der Waals surface area contributed by atoms with E-state index in [9.17, 15) is 23.3 Å². The van der Waals surface area contributed by atoms with E-state index in [4.69, 9.17) is 0 Å². The maximum Gasteiger partial charge on any atom is 0.271 e. The van der Waals surface area contributed by atoms with Crippen LogP contribution in [0.4, 0.5) is 11.4 Å². The highest BCUT2D eigenvalue weighted by atomic mass is 32.2. The van der Waals surface area contributed by atoms with E-state index in [0.29, 0.717) is 5.56 Å². The molecule has 0 aliphatic heterocycles. The molecule has 8 nitrogen and oxygen atoms in total. The van der Waals surface area contributed by atoms with Gasteiger partial charge in [0.25, 0.3) is 5.69 Å². The third-order valence-electron chi connectivity index (χ3n) is 5.61. The molecule has 0 saturated heterocycles. The van der Waals surface area contributed by atoms with Gasteiger partial charge in [-0.1, -0.05) is 24.3 Å². The number of nitro groups is 1. The van der Waals surface area contributed by atoms with Crippen molar-refractivity contribution in [3.8, 4) is 0 Å². The smallest absolute Gasteiger partial charge is 0.271 e. The topological polar surface area (TPSA) is 110 Å². The van der Waals surface area contributed by atoms with Crippen LogP contribution in [0, 0.1) is 17.0 Å². The van der Waals surface area contributed by atoms with Crippen molar-refractivity contribution in [2.75, 3.05) is 17.1 Å². The van der Waals surface area contributed by atoms with Gasteiger partial charge < -0.3 is 5.32 Å². The van der Waals surface area contributed by atoms with E-state index in [0.717, 1.165) is 35.4 Å². The Labute approximate surface area is 182 Å². The highest BCUT2D eigenvalue weighted by Gasteiger charge is 2.25. The minimum atomic E-state index is -3.84. The van der Waals surface area contributed by atoms with Crippen LogP contribution in [0.2, 0.25) is 0 Å². The summed E-state index contributed by atoms with van der Waals surface area (Å²) in [4.78, 5) is 23.3. The third kappa shape index (κ3) is 5.41. The van der Waals surface area contributed by atoms with Crippen molar-refractivity contribution in [3.63, 3.8) is 0 Å². The van der Waals surface area contributed by atoms with E-state index in [-0.39, 0.29) is 17.4 Å². The predicted molar refractivity (Wildman–Crippen MR) is 120 cm³/mol. The lowest BCUT2D eigenvalue weighted by molar-refractivity contribution is -0.384. The van der Waals surface area contributed by atoms with Crippen molar-refractivity contribution in [1.82, 2.24) is 5.32 Å². The van der Waals surface area contributed by atoms with E-state index in [1.807, 2.05) is 13.0 Å². The number of fused-ring (bicyclic) bond motifs is 1. The molecule has 0 saturated carbocycles. The van der Waals surface area contributed by atoms with Gasteiger partial charge in [-0.3, -0.25) is 19.2 Å². The molecule has 1 atom stereocenters. The van der Waals surface area contributed by atoms with Crippen LogP contribution in [0.25, 0.3) is 0 Å². The Morgan fingerprint density at radius 3 is 2.48 bits per heavy atom. The van der Waals surface area contributed by atoms with Crippen molar-refractivity contribution in [1.29, 1.82) is 0 Å². The van der Waals surface area contributed by atoms with E-state index < -0.39 is 27.4 Å². The zero-order valence-corrected chi connectivity index (χ0v) is 18.7. The molecule has 1 aliphatic rings. The molecule has 1 N–H and O–H groups in total. The summed E-state index contributed by atoms with van der Waals surface area (Å²) in [7, 11) is -3.84. The summed E-state index contributed by atoms with van der Waals surface area (Å²) in [5, 5.41) is 14.0. The fourth-order valence-corrected chi connectivity index (χ4v) is 4.79. The molecule has 9 heteroatoms. The number of nitro benzene ring substituents is 1. The number of sulfonamides is 1. The first kappa shape index (κ1) is 22.7. The second-order valence-corrected chi connectivity index (χ2v) is 9.93. The molecule has 0 radical (unpaired) electrons. The third-order valence-corrected chi connectivity index (χ3v) is 6.74. The number of hydrogen-bond donors (Lipinski definition) is 1. The first-order chi connectivity index (χ1) is 14.6. The van der Waals surface area contributed by atoms with Crippen LogP contribution in [0.5, 0.6) is 0 Å². The maximum absolute atomic E-state index is 12.7. The molecular formula is C22H27N3O5S. The molecule has 1 amide bonds. The van der Waals surface area contributed by atoms with Crippen molar-refractivity contribution in [2.24, 2.45) is 0 Å². The quantitative estimate of drug-likeness (QED) is 0.519. The normalized spacial score (nSPS) is 14.4. The lowest BCUT2D eigenvalue weighted by Gasteiger charge is -2.25. The number of hydrogen-bond acceptors (Lipinski definition) is 5. The minimum Gasteiger partial charge on any atom is -0.348 e. The average Bonchev–Trinajstić information content (AvgIpc) is 2.71. The van der Waals surface area contributed by atoms with Gasteiger partial charge in [-0.25, -0.2) is 8.42 Å². The largest absolute Gasteiger partial charge is 0.348 e. The van der Waals surface area contributed by atoms with Crippen LogP contribution in [0.15, 0.2) is 36.4 Å². The molecule has 3 rings (SSSR count). The standard InChI is InChI=1S/C22H27N3O5S/c1-15-8-11-20(25(27)28)13-21(15)24(31(3,29)30)14-22(26)23-16(2)18-10-9-17-6-4-5-7-19(17)12-18/h8-13,16H,4-7,14H2,1-3H3,(H,23,26)/t16-/m0/s1. The van der Waals surface area contributed by atoms with Gasteiger partial charge in [0.15, 0.2) is 0 Å². The van der Waals surface area contributed by atoms with Crippen LogP contribution < -0.4 is 9.62 Å². The molecule has 166 valence electrons. The Morgan fingerprint density at radius 1 is 1.16 bits per heavy atom. The number of anilines is 1. The van der Waals surface area contributed by atoms with Gasteiger partial charge >= 0.3 is 0 Å². The molecule has 1 aliphatic carbocycles. The number of nitrogens with one attached hydrogen (secondary N) is 1. The van der Waals surface area contributed by atoms with E-state index >= 15 is 0 Å². The molecule has 0 fully saturated rings. The Bertz CT molecular complexity index is 1110. The SMILES string of the molecule is Cc1ccc([N+](=O)[O-])cc1N(CC(=O)N[C@@H](C)c1ccc2c(c1)CCCC2)S(C)(=O)=O. The summed E-state index contributed by atoms with van der Waals surface area (Å²) in [6, 6.07) is 9.86. The van der Waals surface area contributed by atoms with Crippen LogP contribution in [0.3, 0.4) is 0 Å². The molecule has 0 heterocycles. The molecule has 0 bridgehead atoms. The number of carbonyl (C=O) groups is 1. The van der Waals surface area contributed by atoms with E-state index in [1.54, 1.807) is 6.92 Å². The zero-order chi connectivity index (χ0) is 22.8. The van der Waals surface area contributed by atoms with Crippen LogP contribution in [-0.2, 0) is 27.7 Å². The zero-order valence-electron chi connectivity index (χ0n) is 17.9. The van der Waals surface area contributed by atoms with Crippen molar-refractivity contribution in [2.45, 2.75) is 45.6 Å². The van der Waals surface area contributed by atoms with E-state index in [1.165, 1.54) is 35.7 Å². The number of rotatable bonds is 7. The number of carbonyl (C=O) groups excluding carboxylic acids is 1. The first-order valence-corrected chi connectivity index (χ1v) is 12.0. The fraction of sp³-hybridized carbons (Fsp3) is 0.409. The molecule has 31 heavy (non-hydrogen) atoms. The maximum atomic E-state index is 12.7. The summed E-state index contributed by atoms with van der Waals surface area (Å²) in [6.45, 7) is 3.03. The van der Waals surface area contributed by atoms with Crippen LogP contribution in [0.1, 0.15) is 48.1 Å². The molecule has 2 aromatic carbocycles. The monoisotopic (exact) mass is 445 g/mol. The molecule has 2 aromatic rings. The van der Waals surface area contributed by atoms with Gasteiger partial charge in [0.05, 0.1) is 22.9 Å². The number of benzene rings is 2. The minimum absolute atomic E-state index is 0.119. The van der Waals surface area contributed by atoms with Crippen LogP contribution >= 0.6 is 0 Å². The highest BCUT2D eigenvalue weighted by Crippen LogP contribution is 2.28. The van der Waals surface area contributed by atoms with Gasteiger partial charge in [0.2, 0.25) is 15.9 Å². The lowest BCUT2D eigenvalue weighted by atomic mass is 9.89.